The van der Waals surface area contributed by atoms with Crippen LogP contribution in [0.4, 0.5) is 10.1 Å². The fraction of sp³-hybridized carbons (Fsp3) is 0.143. The molecule has 0 aliphatic heterocycles. The van der Waals surface area contributed by atoms with Crippen LogP contribution in [-0.4, -0.2) is 4.92 Å². The highest BCUT2D eigenvalue weighted by atomic mass is 79.9. The number of halogens is 2. The second kappa shape index (κ2) is 6.19. The van der Waals surface area contributed by atoms with Crippen molar-refractivity contribution in [3.63, 3.8) is 0 Å². The number of benzene rings is 2. The Morgan fingerprint density at radius 3 is 2.57 bits per heavy atom. The Morgan fingerprint density at radius 2 is 2.00 bits per heavy atom. The molecule has 0 radical (unpaired) electrons. The van der Waals surface area contributed by atoms with Crippen LogP contribution in [-0.2, 0) is 0 Å². The number of nitrogens with two attached hydrogens (primary N) is 1. The number of nitro groups is 1. The number of nitro benzene ring substituents is 1. The molecule has 5 nitrogen and oxygen atoms in total. The van der Waals surface area contributed by atoms with Gasteiger partial charge < -0.3 is 10.5 Å². The first-order valence-corrected chi connectivity index (χ1v) is 6.84. The molecule has 0 fully saturated rings. The Bertz CT molecular complexity index is 692. The van der Waals surface area contributed by atoms with Gasteiger partial charge >= 0.3 is 0 Å². The van der Waals surface area contributed by atoms with Gasteiger partial charge in [0.15, 0.2) is 11.6 Å². The van der Waals surface area contributed by atoms with Gasteiger partial charge in [-0.3, -0.25) is 10.1 Å². The first-order valence-electron chi connectivity index (χ1n) is 6.05. The van der Waals surface area contributed by atoms with E-state index in [1.54, 1.807) is 25.1 Å². The Balaban J connectivity index is 2.38. The van der Waals surface area contributed by atoms with Crippen molar-refractivity contribution in [1.82, 2.24) is 0 Å². The van der Waals surface area contributed by atoms with Crippen LogP contribution in [0, 0.1) is 15.9 Å². The highest BCUT2D eigenvalue weighted by Gasteiger charge is 2.15. The number of hydrogen-bond acceptors (Lipinski definition) is 4. The summed E-state index contributed by atoms with van der Waals surface area (Å²) in [6.45, 7) is 1.78. The highest BCUT2D eigenvalue weighted by Crippen LogP contribution is 2.33. The Morgan fingerprint density at radius 1 is 1.29 bits per heavy atom. The van der Waals surface area contributed by atoms with Crippen LogP contribution in [0.15, 0.2) is 40.9 Å². The van der Waals surface area contributed by atoms with Crippen molar-refractivity contribution in [2.45, 2.75) is 13.0 Å². The fourth-order valence-electron chi connectivity index (χ4n) is 1.78. The van der Waals surface area contributed by atoms with Crippen LogP contribution in [0.1, 0.15) is 18.5 Å². The molecule has 2 aromatic rings. The predicted octanol–water partition coefficient (Wildman–Crippen LogP) is 4.31. The van der Waals surface area contributed by atoms with Crippen LogP contribution in [0.25, 0.3) is 0 Å². The molecule has 0 bridgehead atoms. The minimum absolute atomic E-state index is 0.0967. The maximum Gasteiger partial charge on any atom is 0.272 e. The molecule has 0 heterocycles. The van der Waals surface area contributed by atoms with E-state index < -0.39 is 10.7 Å². The number of ether oxygens (including phenoxy) is 1. The van der Waals surface area contributed by atoms with Crippen molar-refractivity contribution < 1.29 is 14.1 Å². The molecule has 0 aliphatic carbocycles. The molecule has 2 rings (SSSR count). The van der Waals surface area contributed by atoms with Crippen LogP contribution in [0.5, 0.6) is 11.5 Å². The molecule has 7 heteroatoms. The Hall–Kier alpha value is -1.99. The van der Waals surface area contributed by atoms with E-state index in [1.807, 2.05) is 0 Å². The average molecular weight is 355 g/mol. The Kier molecular flexibility index (Phi) is 4.54. The highest BCUT2D eigenvalue weighted by molar-refractivity contribution is 9.10. The summed E-state index contributed by atoms with van der Waals surface area (Å²) in [5.41, 5.74) is 6.21. The van der Waals surface area contributed by atoms with Crippen LogP contribution < -0.4 is 10.5 Å². The number of nitrogens with zero attached hydrogens (tertiary/aromatic N) is 1. The quantitative estimate of drug-likeness (QED) is 0.655. The third kappa shape index (κ3) is 3.56. The minimum atomic E-state index is -0.806. The molecule has 110 valence electrons. The second-order valence-electron chi connectivity index (χ2n) is 4.44. The molecule has 2 aromatic carbocycles. The van der Waals surface area contributed by atoms with E-state index in [4.69, 9.17) is 10.5 Å². The summed E-state index contributed by atoms with van der Waals surface area (Å²) in [6, 6.07) is 8.17. The standard InChI is InChI=1S/C14H12BrFN2O3/c1-8(17)11-4-2-9(15)6-14(11)21-13-5-3-10(18(19)20)7-12(13)16/h2-8H,17H2,1H3. The molecular formula is C14H12BrFN2O3. The summed E-state index contributed by atoms with van der Waals surface area (Å²) in [7, 11) is 0. The maximum atomic E-state index is 13.9. The minimum Gasteiger partial charge on any atom is -0.454 e. The van der Waals surface area contributed by atoms with Crippen molar-refractivity contribution in [3.8, 4) is 11.5 Å². The van der Waals surface area contributed by atoms with Gasteiger partial charge in [0.2, 0.25) is 0 Å². The molecule has 0 amide bonds. The van der Waals surface area contributed by atoms with Gasteiger partial charge in [-0.25, -0.2) is 4.39 Å². The SMILES string of the molecule is CC(N)c1ccc(Br)cc1Oc1ccc([N+](=O)[O-])cc1F. The molecule has 1 atom stereocenters. The summed E-state index contributed by atoms with van der Waals surface area (Å²) >= 11 is 3.30. The van der Waals surface area contributed by atoms with E-state index in [0.717, 1.165) is 10.5 Å². The molecule has 0 saturated carbocycles. The van der Waals surface area contributed by atoms with Gasteiger partial charge in [0.1, 0.15) is 5.75 Å². The molecule has 1 unspecified atom stereocenters. The molecule has 0 aromatic heterocycles. The predicted molar refractivity (Wildman–Crippen MR) is 79.9 cm³/mol. The number of rotatable bonds is 4. The van der Waals surface area contributed by atoms with Crippen molar-refractivity contribution in [3.05, 3.63) is 62.4 Å². The van der Waals surface area contributed by atoms with Gasteiger partial charge in [0.25, 0.3) is 5.69 Å². The first kappa shape index (κ1) is 15.4. The van der Waals surface area contributed by atoms with Gasteiger partial charge in [0.05, 0.1) is 11.0 Å². The molecular weight excluding hydrogens is 343 g/mol. The van der Waals surface area contributed by atoms with Crippen molar-refractivity contribution in [2.75, 3.05) is 0 Å². The Labute approximate surface area is 128 Å². The number of non-ortho nitro benzene ring substituents is 1. The summed E-state index contributed by atoms with van der Waals surface area (Å²) in [5.74, 6) is -0.507. The van der Waals surface area contributed by atoms with Crippen molar-refractivity contribution in [2.24, 2.45) is 5.73 Å². The second-order valence-corrected chi connectivity index (χ2v) is 5.36. The van der Waals surface area contributed by atoms with Gasteiger partial charge in [-0.1, -0.05) is 22.0 Å². The van der Waals surface area contributed by atoms with E-state index in [-0.39, 0.29) is 17.5 Å². The van der Waals surface area contributed by atoms with Crippen molar-refractivity contribution in [1.29, 1.82) is 0 Å². The zero-order chi connectivity index (χ0) is 15.6. The van der Waals surface area contributed by atoms with Gasteiger partial charge in [-0.15, -0.1) is 0 Å². The van der Waals surface area contributed by atoms with E-state index >= 15 is 0 Å². The van der Waals surface area contributed by atoms with Gasteiger partial charge in [0, 0.05) is 22.1 Å². The fourth-order valence-corrected chi connectivity index (χ4v) is 2.12. The first-order chi connectivity index (χ1) is 9.88. The van der Waals surface area contributed by atoms with Crippen molar-refractivity contribution >= 4 is 21.6 Å². The molecule has 0 aliphatic rings. The normalized spacial score (nSPS) is 12.0. The summed E-state index contributed by atoms with van der Waals surface area (Å²) in [4.78, 5) is 9.92. The third-order valence-electron chi connectivity index (χ3n) is 2.81. The lowest BCUT2D eigenvalue weighted by molar-refractivity contribution is -0.385. The van der Waals surface area contributed by atoms with E-state index in [0.29, 0.717) is 11.3 Å². The van der Waals surface area contributed by atoms with E-state index in [9.17, 15) is 14.5 Å². The monoisotopic (exact) mass is 354 g/mol. The topological polar surface area (TPSA) is 78.4 Å². The van der Waals surface area contributed by atoms with Crippen LogP contribution in [0.2, 0.25) is 0 Å². The smallest absolute Gasteiger partial charge is 0.272 e. The number of hydrogen-bond donors (Lipinski definition) is 1. The average Bonchev–Trinajstić information content (AvgIpc) is 2.40. The largest absolute Gasteiger partial charge is 0.454 e. The summed E-state index contributed by atoms with van der Waals surface area (Å²) in [6.07, 6.45) is 0. The molecule has 21 heavy (non-hydrogen) atoms. The lowest BCUT2D eigenvalue weighted by atomic mass is 10.1. The summed E-state index contributed by atoms with van der Waals surface area (Å²) in [5, 5.41) is 10.6. The molecule has 0 saturated heterocycles. The summed E-state index contributed by atoms with van der Waals surface area (Å²) < 4.78 is 20.1. The van der Waals surface area contributed by atoms with Crippen LogP contribution >= 0.6 is 15.9 Å². The lowest BCUT2D eigenvalue weighted by Gasteiger charge is -2.14. The van der Waals surface area contributed by atoms with E-state index in [2.05, 4.69) is 15.9 Å². The maximum absolute atomic E-state index is 13.9. The van der Waals surface area contributed by atoms with E-state index in [1.165, 1.54) is 12.1 Å². The van der Waals surface area contributed by atoms with Gasteiger partial charge in [-0.05, 0) is 25.1 Å². The van der Waals surface area contributed by atoms with Gasteiger partial charge in [-0.2, -0.15) is 0 Å². The zero-order valence-corrected chi connectivity index (χ0v) is 12.6. The van der Waals surface area contributed by atoms with Crippen LogP contribution in [0.3, 0.4) is 0 Å². The molecule has 0 spiro atoms. The zero-order valence-electron chi connectivity index (χ0n) is 11.0. The third-order valence-corrected chi connectivity index (χ3v) is 3.31. The lowest BCUT2D eigenvalue weighted by Crippen LogP contribution is -2.06. The molecule has 2 N–H and O–H groups in total.